The van der Waals surface area contributed by atoms with Crippen LogP contribution in [0.1, 0.15) is 164 Å². The molecule has 0 atom stereocenters. The first-order chi connectivity index (χ1) is 30.9. The van der Waals surface area contributed by atoms with E-state index in [1.54, 1.807) is 13.8 Å². The molecule has 0 unspecified atom stereocenters. The van der Waals surface area contributed by atoms with Gasteiger partial charge in [0.2, 0.25) is 0 Å². The quantitative estimate of drug-likeness (QED) is 0.0904. The summed E-state index contributed by atoms with van der Waals surface area (Å²) >= 11 is 0. The van der Waals surface area contributed by atoms with Gasteiger partial charge in [0.15, 0.2) is 13.2 Å². The number of benzene rings is 4. The van der Waals surface area contributed by atoms with Crippen molar-refractivity contribution < 1.29 is 38.0 Å². The lowest BCUT2D eigenvalue weighted by Crippen LogP contribution is -2.20. The van der Waals surface area contributed by atoms with Crippen LogP contribution < -0.4 is 18.9 Å². The maximum atomic E-state index is 13.1. The molecule has 0 saturated carbocycles. The molecule has 0 fully saturated rings. The van der Waals surface area contributed by atoms with E-state index < -0.39 is 11.9 Å². The third kappa shape index (κ3) is 12.7. The Labute approximate surface area is 395 Å². The Morgan fingerprint density at radius 1 is 0.424 bits per heavy atom. The smallest absolute Gasteiger partial charge is 0.344 e. The van der Waals surface area contributed by atoms with Crippen molar-refractivity contribution in [3.63, 3.8) is 0 Å². The minimum Gasteiger partial charge on any atom is -0.481 e. The van der Waals surface area contributed by atoms with E-state index >= 15 is 0 Å². The monoisotopic (exact) mass is 897 g/mol. The van der Waals surface area contributed by atoms with E-state index in [2.05, 4.69) is 143 Å². The van der Waals surface area contributed by atoms with E-state index in [9.17, 15) is 9.59 Å². The molecule has 0 heterocycles. The SMILES string of the molecule is C#CCOc1c2cc(C(C)(C)C)cc1Cc1cc(C(C)(C)C)cc(c1OCC(=O)OCC)Cc1cc(C(C)(C)C)cc(c1OCC#C)Cc1cc(C(C)(C)C)cc(c1OCC(=O)OCC)C2. The van der Waals surface area contributed by atoms with Crippen molar-refractivity contribution in [3.05, 3.63) is 115 Å². The molecule has 0 aromatic heterocycles. The maximum Gasteiger partial charge on any atom is 0.344 e. The number of carbonyl (C=O) groups is 2. The Bertz CT molecular complexity index is 2230. The lowest BCUT2D eigenvalue weighted by atomic mass is 9.79. The van der Waals surface area contributed by atoms with Crippen molar-refractivity contribution in [2.75, 3.05) is 39.6 Å². The van der Waals surface area contributed by atoms with Crippen molar-refractivity contribution in [1.82, 2.24) is 0 Å². The number of carbonyl (C=O) groups excluding carboxylic acids is 2. The number of rotatable bonds is 12. The fraction of sp³-hybridized carbons (Fsp3) is 0.483. The van der Waals surface area contributed by atoms with Gasteiger partial charge in [0.25, 0.3) is 0 Å². The summed E-state index contributed by atoms with van der Waals surface area (Å²) < 4.78 is 37.4. The van der Waals surface area contributed by atoms with Gasteiger partial charge >= 0.3 is 11.9 Å². The van der Waals surface area contributed by atoms with Crippen molar-refractivity contribution in [2.45, 2.75) is 144 Å². The van der Waals surface area contributed by atoms with Gasteiger partial charge in [0.1, 0.15) is 36.2 Å². The first kappa shape index (κ1) is 51.1. The van der Waals surface area contributed by atoms with E-state index in [1.165, 1.54) is 0 Å². The second-order valence-electron chi connectivity index (χ2n) is 21.4. The van der Waals surface area contributed by atoms with E-state index in [4.69, 9.17) is 41.3 Å². The summed E-state index contributed by atoms with van der Waals surface area (Å²) in [6, 6.07) is 17.6. The molecule has 0 radical (unpaired) electrons. The first-order valence-corrected chi connectivity index (χ1v) is 23.2. The fourth-order valence-corrected chi connectivity index (χ4v) is 8.26. The summed E-state index contributed by atoms with van der Waals surface area (Å²) in [5, 5.41) is 0. The molecule has 66 heavy (non-hydrogen) atoms. The number of terminal acetylenes is 2. The van der Waals surface area contributed by atoms with Crippen LogP contribution in [0.5, 0.6) is 23.0 Å². The highest BCUT2D eigenvalue weighted by Gasteiger charge is 2.30. The van der Waals surface area contributed by atoms with E-state index in [-0.39, 0.29) is 61.3 Å². The number of fused-ring (bicyclic) bond motifs is 8. The van der Waals surface area contributed by atoms with Crippen molar-refractivity contribution in [3.8, 4) is 47.7 Å². The van der Waals surface area contributed by atoms with Gasteiger partial charge in [-0.05, 0) is 102 Å². The third-order valence-electron chi connectivity index (χ3n) is 11.8. The van der Waals surface area contributed by atoms with E-state index in [0.717, 1.165) is 66.8 Å². The molecular weight excluding hydrogens is 825 g/mol. The van der Waals surface area contributed by atoms with Crippen LogP contribution in [0.4, 0.5) is 0 Å². The molecule has 0 N–H and O–H groups in total. The van der Waals surface area contributed by atoms with E-state index in [1.807, 2.05) is 0 Å². The molecule has 8 bridgehead atoms. The van der Waals surface area contributed by atoms with Gasteiger partial charge in [-0.1, -0.05) is 143 Å². The van der Waals surface area contributed by atoms with Crippen LogP contribution in [0.2, 0.25) is 0 Å². The molecular formula is C58H72O8. The standard InChI is InChI=1S/C58H72O8/c1-17-21-63-51-37-23-41-31-47(57(11,12)13)33-43(53(41)65-35-49(59)61-19-3)25-39-29-46(56(8,9)10)30-40(52(39)64-22-18-2)26-44-34-48(58(14,15)16)32-42(54(44)66-36-50(60)62-20-4)24-38(51)28-45(27-37)55(5,6)7/h1-2,27-34H,19-26,35-36H2,3-16H3. The number of esters is 2. The second kappa shape index (κ2) is 20.8. The Balaban J connectivity index is 2.03. The molecule has 0 saturated heterocycles. The van der Waals surface area contributed by atoms with Gasteiger partial charge in [-0.15, -0.1) is 12.8 Å². The molecule has 0 aliphatic heterocycles. The van der Waals surface area contributed by atoms with Gasteiger partial charge in [-0.2, -0.15) is 0 Å². The maximum absolute atomic E-state index is 13.1. The summed E-state index contributed by atoms with van der Waals surface area (Å²) in [5.41, 5.74) is 10.5. The zero-order chi connectivity index (χ0) is 48.8. The summed E-state index contributed by atoms with van der Waals surface area (Å²) in [5.74, 6) is 7.00. The molecule has 1 aliphatic carbocycles. The van der Waals surface area contributed by atoms with Crippen LogP contribution in [-0.2, 0) is 66.4 Å². The van der Waals surface area contributed by atoms with Gasteiger partial charge in [0, 0.05) is 25.7 Å². The number of hydrogen-bond acceptors (Lipinski definition) is 8. The minimum atomic E-state index is -0.460. The first-order valence-electron chi connectivity index (χ1n) is 23.2. The third-order valence-corrected chi connectivity index (χ3v) is 11.8. The zero-order valence-electron chi connectivity index (χ0n) is 42.1. The normalized spacial score (nSPS) is 12.9. The predicted octanol–water partition coefficient (Wildman–Crippen LogP) is 11.5. The molecule has 5 rings (SSSR count). The van der Waals surface area contributed by atoms with Gasteiger partial charge < -0.3 is 28.4 Å². The van der Waals surface area contributed by atoms with Crippen LogP contribution in [0.25, 0.3) is 0 Å². The Kier molecular flexibility index (Phi) is 16.1. The highest BCUT2D eigenvalue weighted by atomic mass is 16.6. The van der Waals surface area contributed by atoms with Crippen molar-refractivity contribution >= 4 is 11.9 Å². The lowest BCUT2D eigenvalue weighted by Gasteiger charge is -2.29. The summed E-state index contributed by atoms with van der Waals surface area (Å²) in [4.78, 5) is 26.2. The topological polar surface area (TPSA) is 89.5 Å². The summed E-state index contributed by atoms with van der Waals surface area (Å²) in [7, 11) is 0. The van der Waals surface area contributed by atoms with Crippen LogP contribution in [-0.4, -0.2) is 51.6 Å². The highest BCUT2D eigenvalue weighted by molar-refractivity contribution is 5.72. The number of hydrogen-bond donors (Lipinski definition) is 0. The summed E-state index contributed by atoms with van der Waals surface area (Å²) in [6.45, 7) is 29.9. The average Bonchev–Trinajstić information content (AvgIpc) is 3.20. The molecule has 8 heteroatoms. The Morgan fingerprint density at radius 3 is 0.818 bits per heavy atom. The second-order valence-corrected chi connectivity index (χ2v) is 21.4. The van der Waals surface area contributed by atoms with Gasteiger partial charge in [-0.3, -0.25) is 0 Å². The largest absolute Gasteiger partial charge is 0.481 e. The predicted molar refractivity (Wildman–Crippen MR) is 265 cm³/mol. The molecule has 1 aliphatic rings. The van der Waals surface area contributed by atoms with Crippen LogP contribution in [0, 0.1) is 24.7 Å². The van der Waals surface area contributed by atoms with Gasteiger partial charge in [-0.25, -0.2) is 9.59 Å². The van der Waals surface area contributed by atoms with Crippen LogP contribution in [0.3, 0.4) is 0 Å². The fourth-order valence-electron chi connectivity index (χ4n) is 8.26. The van der Waals surface area contributed by atoms with Crippen LogP contribution >= 0.6 is 0 Å². The molecule has 4 aromatic rings. The molecule has 0 amide bonds. The Morgan fingerprint density at radius 2 is 0.636 bits per heavy atom. The molecule has 0 spiro atoms. The van der Waals surface area contributed by atoms with E-state index in [0.29, 0.717) is 48.7 Å². The van der Waals surface area contributed by atoms with Crippen molar-refractivity contribution in [1.29, 1.82) is 0 Å². The lowest BCUT2D eigenvalue weighted by molar-refractivity contribution is -0.146. The Hall–Kier alpha value is -5.86. The van der Waals surface area contributed by atoms with Crippen molar-refractivity contribution in [2.24, 2.45) is 0 Å². The average molecular weight is 897 g/mol. The minimum absolute atomic E-state index is 0.0407. The zero-order valence-corrected chi connectivity index (χ0v) is 42.1. The molecule has 352 valence electrons. The molecule has 4 aromatic carbocycles. The summed E-state index contributed by atoms with van der Waals surface area (Å²) in [6.07, 6.45) is 13.4. The molecule has 8 nitrogen and oxygen atoms in total. The number of ether oxygens (including phenoxy) is 6. The van der Waals surface area contributed by atoms with Gasteiger partial charge in [0.05, 0.1) is 13.2 Å². The highest BCUT2D eigenvalue weighted by Crippen LogP contribution is 2.44. The van der Waals surface area contributed by atoms with Crippen LogP contribution in [0.15, 0.2) is 48.5 Å².